The number of carbonyl (C=O) groups is 1. The molecule has 128 valence electrons. The number of benzene rings is 2. The van der Waals surface area contributed by atoms with E-state index in [2.05, 4.69) is 10.4 Å². The first kappa shape index (κ1) is 18.5. The molecule has 0 aliphatic carbocycles. The van der Waals surface area contributed by atoms with Crippen LogP contribution in [0.5, 0.6) is 5.75 Å². The molecule has 0 saturated heterocycles. The molecule has 2 aromatic rings. The number of nitrogens with one attached hydrogen (secondary N) is 2. The third kappa shape index (κ3) is 6.00. The van der Waals surface area contributed by atoms with Crippen LogP contribution < -0.4 is 14.9 Å². The molecule has 0 aliphatic rings. The van der Waals surface area contributed by atoms with E-state index in [4.69, 9.17) is 16.1 Å². The quantitative estimate of drug-likeness (QED) is 0.731. The molecule has 0 aliphatic heterocycles. The standard InChI is InChI=1S/C17H20ClN2O3P/c1-13(17(21)19-12-14-6-4-3-5-7-14)20-24(2,22)23-16-10-8-15(18)9-11-16/h3-11,13H,12H2,1-2H3,(H,19,21)(H,20,22)/t13-,24?/m0/s1. The predicted octanol–water partition coefficient (Wildman–Crippen LogP) is 3.84. The molecular formula is C17H20ClN2O3P. The maximum absolute atomic E-state index is 12.5. The highest BCUT2D eigenvalue weighted by Gasteiger charge is 2.24. The summed E-state index contributed by atoms with van der Waals surface area (Å²) in [5.41, 5.74) is 0.996. The number of amides is 1. The molecule has 0 spiro atoms. The molecule has 0 aromatic heterocycles. The number of hydrogen-bond acceptors (Lipinski definition) is 3. The van der Waals surface area contributed by atoms with Crippen molar-refractivity contribution in [2.75, 3.05) is 6.66 Å². The maximum atomic E-state index is 12.5. The van der Waals surface area contributed by atoms with E-state index in [1.54, 1.807) is 31.2 Å². The van der Waals surface area contributed by atoms with E-state index in [9.17, 15) is 9.36 Å². The number of halogens is 1. The van der Waals surface area contributed by atoms with Crippen molar-refractivity contribution >= 4 is 25.0 Å². The molecule has 0 fully saturated rings. The van der Waals surface area contributed by atoms with E-state index in [-0.39, 0.29) is 5.91 Å². The third-order valence-electron chi connectivity index (χ3n) is 3.22. The van der Waals surface area contributed by atoms with Crippen molar-refractivity contribution in [3.8, 4) is 5.75 Å². The van der Waals surface area contributed by atoms with E-state index in [0.29, 0.717) is 17.3 Å². The fraction of sp³-hybridized carbons (Fsp3) is 0.235. The van der Waals surface area contributed by atoms with Gasteiger partial charge in [0.15, 0.2) is 0 Å². The summed E-state index contributed by atoms with van der Waals surface area (Å²) in [6.45, 7) is 3.49. The van der Waals surface area contributed by atoms with Crippen molar-refractivity contribution in [1.29, 1.82) is 0 Å². The van der Waals surface area contributed by atoms with Crippen LogP contribution in [0, 0.1) is 0 Å². The summed E-state index contributed by atoms with van der Waals surface area (Å²) in [4.78, 5) is 12.1. The molecule has 0 saturated carbocycles. The average molecular weight is 367 g/mol. The average Bonchev–Trinajstić information content (AvgIpc) is 2.55. The van der Waals surface area contributed by atoms with Crippen LogP contribution in [0.25, 0.3) is 0 Å². The molecule has 0 radical (unpaired) electrons. The normalized spacial score (nSPS) is 14.5. The van der Waals surface area contributed by atoms with E-state index in [0.717, 1.165) is 5.56 Å². The van der Waals surface area contributed by atoms with Gasteiger partial charge in [-0.1, -0.05) is 41.9 Å². The van der Waals surface area contributed by atoms with Crippen LogP contribution in [0.2, 0.25) is 5.02 Å². The Balaban J connectivity index is 1.87. The molecule has 5 nitrogen and oxygen atoms in total. The summed E-state index contributed by atoms with van der Waals surface area (Å²) >= 11 is 5.80. The van der Waals surface area contributed by atoms with Gasteiger partial charge < -0.3 is 9.84 Å². The molecule has 1 amide bonds. The second-order valence-electron chi connectivity index (χ2n) is 5.45. The summed E-state index contributed by atoms with van der Waals surface area (Å²) in [6.07, 6.45) is 0. The van der Waals surface area contributed by atoms with Gasteiger partial charge in [-0.15, -0.1) is 0 Å². The number of hydrogen-bond donors (Lipinski definition) is 2. The lowest BCUT2D eigenvalue weighted by atomic mass is 10.2. The SMILES string of the molecule is C[C@H](NP(C)(=O)Oc1ccc(Cl)cc1)C(=O)NCc1ccccc1. The minimum Gasteiger partial charge on any atom is -0.433 e. The van der Waals surface area contributed by atoms with Gasteiger partial charge in [-0.3, -0.25) is 9.36 Å². The smallest absolute Gasteiger partial charge is 0.314 e. The topological polar surface area (TPSA) is 67.4 Å². The third-order valence-corrected chi connectivity index (χ3v) is 4.89. The molecule has 2 atom stereocenters. The van der Waals surface area contributed by atoms with Crippen LogP contribution >= 0.6 is 19.1 Å². The summed E-state index contributed by atoms with van der Waals surface area (Å²) in [6, 6.07) is 15.5. The second-order valence-corrected chi connectivity index (χ2v) is 8.01. The van der Waals surface area contributed by atoms with E-state index in [1.807, 2.05) is 30.3 Å². The first-order valence-corrected chi connectivity index (χ1v) is 9.93. The van der Waals surface area contributed by atoms with E-state index in [1.165, 1.54) is 6.66 Å². The van der Waals surface area contributed by atoms with Crippen LogP contribution in [0.15, 0.2) is 54.6 Å². The zero-order chi connectivity index (χ0) is 17.6. The van der Waals surface area contributed by atoms with Gasteiger partial charge in [0.2, 0.25) is 5.91 Å². The van der Waals surface area contributed by atoms with Crippen LogP contribution in [0.4, 0.5) is 0 Å². The lowest BCUT2D eigenvalue weighted by molar-refractivity contribution is -0.122. The van der Waals surface area contributed by atoms with E-state index < -0.39 is 13.6 Å². The first-order chi connectivity index (χ1) is 11.4. The van der Waals surface area contributed by atoms with Gasteiger partial charge in [-0.2, -0.15) is 0 Å². The van der Waals surface area contributed by atoms with Crippen molar-refractivity contribution in [2.24, 2.45) is 0 Å². The Hall–Kier alpha value is -1.81. The highest BCUT2D eigenvalue weighted by atomic mass is 35.5. The highest BCUT2D eigenvalue weighted by Crippen LogP contribution is 2.39. The summed E-state index contributed by atoms with van der Waals surface area (Å²) in [5.74, 6) is 0.176. The Morgan fingerprint density at radius 3 is 2.42 bits per heavy atom. The molecule has 7 heteroatoms. The van der Waals surface area contributed by atoms with Crippen molar-refractivity contribution in [3.63, 3.8) is 0 Å². The predicted molar refractivity (Wildman–Crippen MR) is 96.5 cm³/mol. The van der Waals surface area contributed by atoms with Crippen molar-refractivity contribution < 1.29 is 13.9 Å². The lowest BCUT2D eigenvalue weighted by Gasteiger charge is -2.20. The van der Waals surface area contributed by atoms with Gasteiger partial charge in [0.05, 0.1) is 6.04 Å². The minimum atomic E-state index is -3.19. The van der Waals surface area contributed by atoms with Crippen LogP contribution in [0.1, 0.15) is 12.5 Å². The zero-order valence-electron chi connectivity index (χ0n) is 13.5. The Morgan fingerprint density at radius 2 is 1.79 bits per heavy atom. The monoisotopic (exact) mass is 366 g/mol. The van der Waals surface area contributed by atoms with E-state index >= 15 is 0 Å². The van der Waals surface area contributed by atoms with Gasteiger partial charge in [0, 0.05) is 18.2 Å². The van der Waals surface area contributed by atoms with Gasteiger partial charge in [0.25, 0.3) is 0 Å². The molecule has 2 aromatic carbocycles. The van der Waals surface area contributed by atoms with Crippen LogP contribution in [0.3, 0.4) is 0 Å². The molecule has 2 rings (SSSR count). The van der Waals surface area contributed by atoms with Gasteiger partial charge >= 0.3 is 7.52 Å². The molecular weight excluding hydrogens is 347 g/mol. The van der Waals surface area contributed by atoms with Gasteiger partial charge in [-0.05, 0) is 36.8 Å². The Kier molecular flexibility index (Phi) is 6.44. The minimum absolute atomic E-state index is 0.249. The number of carbonyl (C=O) groups excluding carboxylic acids is 1. The lowest BCUT2D eigenvalue weighted by Crippen LogP contribution is -2.40. The Labute approximate surface area is 146 Å². The Bertz CT molecular complexity index is 722. The van der Waals surface area contributed by atoms with Crippen LogP contribution in [-0.4, -0.2) is 18.6 Å². The Morgan fingerprint density at radius 1 is 1.17 bits per heavy atom. The van der Waals surface area contributed by atoms with Gasteiger partial charge in [0.1, 0.15) is 5.75 Å². The molecule has 24 heavy (non-hydrogen) atoms. The molecule has 2 N–H and O–H groups in total. The number of rotatable bonds is 7. The summed E-state index contributed by atoms with van der Waals surface area (Å²) < 4.78 is 18.0. The molecule has 0 heterocycles. The summed E-state index contributed by atoms with van der Waals surface area (Å²) in [7, 11) is -3.19. The van der Waals surface area contributed by atoms with Crippen molar-refractivity contribution in [1.82, 2.24) is 10.4 Å². The van der Waals surface area contributed by atoms with Crippen LogP contribution in [-0.2, 0) is 15.9 Å². The molecule has 0 bridgehead atoms. The van der Waals surface area contributed by atoms with Crippen molar-refractivity contribution in [2.45, 2.75) is 19.5 Å². The maximum Gasteiger partial charge on any atom is 0.314 e. The fourth-order valence-electron chi connectivity index (χ4n) is 2.07. The van der Waals surface area contributed by atoms with Crippen molar-refractivity contribution in [3.05, 3.63) is 65.2 Å². The second kappa shape index (κ2) is 8.34. The zero-order valence-corrected chi connectivity index (χ0v) is 15.2. The summed E-state index contributed by atoms with van der Waals surface area (Å²) in [5, 5.41) is 6.11. The largest absolute Gasteiger partial charge is 0.433 e. The van der Waals surface area contributed by atoms with Gasteiger partial charge in [-0.25, -0.2) is 5.09 Å². The highest BCUT2D eigenvalue weighted by molar-refractivity contribution is 7.56. The molecule has 1 unspecified atom stereocenters. The first-order valence-electron chi connectivity index (χ1n) is 7.48. The fourth-order valence-corrected chi connectivity index (χ4v) is 3.59.